The van der Waals surface area contributed by atoms with Crippen LogP contribution >= 0.6 is 0 Å². The van der Waals surface area contributed by atoms with E-state index in [2.05, 4.69) is 71.6 Å². The highest BCUT2D eigenvalue weighted by molar-refractivity contribution is 5.25. The van der Waals surface area contributed by atoms with Gasteiger partial charge in [-0.2, -0.15) is 0 Å². The van der Waals surface area contributed by atoms with Gasteiger partial charge >= 0.3 is 0 Å². The van der Waals surface area contributed by atoms with E-state index in [9.17, 15) is 0 Å². The van der Waals surface area contributed by atoms with Crippen molar-refractivity contribution in [1.82, 2.24) is 4.90 Å². The molecular formula is C59H107NO4. The lowest BCUT2D eigenvalue weighted by Gasteiger charge is -2.58. The Labute approximate surface area is 398 Å². The number of likely N-dealkylation sites (tertiary alicyclic amines) is 1. The van der Waals surface area contributed by atoms with Crippen molar-refractivity contribution in [3.05, 3.63) is 23.8 Å². The molecule has 5 aliphatic rings. The largest absolute Gasteiger partial charge is 0.381 e. The number of unbranched alkanes of at least 4 members (excludes halogenated alkanes) is 12. The van der Waals surface area contributed by atoms with Crippen LogP contribution < -0.4 is 0 Å². The fraction of sp³-hybridized carbons (Fsp3) is 0.932. The Morgan fingerprint density at radius 3 is 2.12 bits per heavy atom. The maximum Gasteiger partial charge on any atom is 0.0935 e. The van der Waals surface area contributed by atoms with Gasteiger partial charge < -0.3 is 18.9 Å². The molecule has 64 heavy (non-hydrogen) atoms. The SMILES string of the molecule is CCCCCCCCC=CCCCCCCCCOCC(CN1CCCC1C)OCCCOCCCO[C@H]1CC[C@@]2(C)C(=CC[C@H]3[C@@H]4CC[C@H]([C@H](C)CCCC(C)C)[C@@]4(C)CC[C@@H]32)C1. The smallest absolute Gasteiger partial charge is 0.0935 e. The highest BCUT2D eigenvalue weighted by Crippen LogP contribution is 2.67. The van der Waals surface area contributed by atoms with Crippen molar-refractivity contribution in [2.24, 2.45) is 46.3 Å². The van der Waals surface area contributed by atoms with Crippen LogP contribution in [0.1, 0.15) is 235 Å². The Bertz CT molecular complexity index is 1280. The third kappa shape index (κ3) is 17.4. The van der Waals surface area contributed by atoms with Gasteiger partial charge in [0.15, 0.2) is 0 Å². The average Bonchev–Trinajstić information content (AvgIpc) is 3.86. The summed E-state index contributed by atoms with van der Waals surface area (Å²) in [5, 5.41) is 0. The summed E-state index contributed by atoms with van der Waals surface area (Å²) in [7, 11) is 0. The maximum absolute atomic E-state index is 6.56. The van der Waals surface area contributed by atoms with E-state index in [1.165, 1.54) is 173 Å². The van der Waals surface area contributed by atoms with Crippen LogP contribution in [0.3, 0.4) is 0 Å². The maximum atomic E-state index is 6.56. The fourth-order valence-electron chi connectivity index (χ4n) is 14.1. The summed E-state index contributed by atoms with van der Waals surface area (Å²) in [6.45, 7) is 24.3. The molecule has 0 radical (unpaired) electrons. The zero-order valence-corrected chi connectivity index (χ0v) is 43.7. The Morgan fingerprint density at radius 2 is 1.41 bits per heavy atom. The second-order valence-corrected chi connectivity index (χ2v) is 23.3. The molecule has 10 atom stereocenters. The Morgan fingerprint density at radius 1 is 0.703 bits per heavy atom. The topological polar surface area (TPSA) is 40.2 Å². The molecule has 0 N–H and O–H groups in total. The van der Waals surface area contributed by atoms with Crippen LogP contribution in [0.15, 0.2) is 23.8 Å². The molecule has 0 aromatic heterocycles. The first-order valence-electron chi connectivity index (χ1n) is 28.6. The molecule has 5 heteroatoms. The first kappa shape index (κ1) is 54.2. The molecule has 4 aliphatic carbocycles. The number of ether oxygens (including phenoxy) is 4. The lowest BCUT2D eigenvalue weighted by atomic mass is 9.47. The van der Waals surface area contributed by atoms with E-state index < -0.39 is 0 Å². The lowest BCUT2D eigenvalue weighted by molar-refractivity contribution is -0.0651. The summed E-state index contributed by atoms with van der Waals surface area (Å²) in [4.78, 5) is 2.61. The lowest BCUT2D eigenvalue weighted by Crippen LogP contribution is -2.51. The van der Waals surface area contributed by atoms with E-state index in [0.29, 0.717) is 29.6 Å². The minimum atomic E-state index is 0.150. The molecule has 1 saturated heterocycles. The molecule has 4 fully saturated rings. The van der Waals surface area contributed by atoms with Crippen molar-refractivity contribution in [3.8, 4) is 0 Å². The monoisotopic (exact) mass is 894 g/mol. The standard InChI is InChI=1S/C59H107NO4/c1-8-9-10-11-12-13-14-15-16-17-18-19-20-21-22-23-40-62-47-53(46-60-39-25-30-50(60)5)64-44-27-42-61-41-26-43-63-52-35-37-58(6)51(45-52)31-32-54-56-34-33-55(49(4)29-24-28-48(2)3)59(56,7)38-36-57(54)58/h15-16,31,48-50,52-57H,8-14,17-30,32-47H2,1-7H3/t49-,50?,52+,53?,54+,55-,56+,57+,58+,59-/m1/s1. The number of nitrogens with zero attached hydrogens (tertiary/aromatic N) is 1. The van der Waals surface area contributed by atoms with Gasteiger partial charge in [0.05, 0.1) is 18.8 Å². The highest BCUT2D eigenvalue weighted by Gasteiger charge is 2.59. The third-order valence-electron chi connectivity index (χ3n) is 18.1. The van der Waals surface area contributed by atoms with Crippen LogP contribution in [0.2, 0.25) is 0 Å². The minimum absolute atomic E-state index is 0.150. The van der Waals surface area contributed by atoms with Gasteiger partial charge in [0.1, 0.15) is 0 Å². The van der Waals surface area contributed by atoms with Crippen molar-refractivity contribution in [1.29, 1.82) is 0 Å². The molecule has 372 valence electrons. The zero-order chi connectivity index (χ0) is 45.5. The average molecular weight is 895 g/mol. The normalized spacial score (nSPS) is 30.5. The molecule has 5 rings (SSSR count). The molecule has 0 spiro atoms. The number of hydrogen-bond donors (Lipinski definition) is 0. The number of allylic oxidation sites excluding steroid dienone is 3. The van der Waals surface area contributed by atoms with Crippen LogP contribution in [0.25, 0.3) is 0 Å². The molecule has 1 heterocycles. The van der Waals surface area contributed by atoms with Crippen molar-refractivity contribution < 1.29 is 18.9 Å². The van der Waals surface area contributed by atoms with Crippen molar-refractivity contribution in [3.63, 3.8) is 0 Å². The summed E-state index contributed by atoms with van der Waals surface area (Å²) < 4.78 is 25.3. The van der Waals surface area contributed by atoms with Gasteiger partial charge in [-0.15, -0.1) is 0 Å². The molecule has 3 saturated carbocycles. The van der Waals surface area contributed by atoms with Crippen molar-refractivity contribution >= 4 is 0 Å². The Hall–Kier alpha value is -0.720. The van der Waals surface area contributed by atoms with Crippen LogP contribution in [0.5, 0.6) is 0 Å². The van der Waals surface area contributed by atoms with Crippen LogP contribution in [0.4, 0.5) is 0 Å². The third-order valence-corrected chi connectivity index (χ3v) is 18.1. The van der Waals surface area contributed by atoms with Gasteiger partial charge in [-0.25, -0.2) is 0 Å². The first-order valence-corrected chi connectivity index (χ1v) is 28.6. The summed E-state index contributed by atoms with van der Waals surface area (Å²) in [5.41, 5.74) is 2.73. The molecular weight excluding hydrogens is 787 g/mol. The molecule has 0 amide bonds. The summed E-state index contributed by atoms with van der Waals surface area (Å²) >= 11 is 0. The van der Waals surface area contributed by atoms with E-state index in [4.69, 9.17) is 18.9 Å². The van der Waals surface area contributed by atoms with Gasteiger partial charge in [0.2, 0.25) is 0 Å². The second-order valence-electron chi connectivity index (χ2n) is 23.3. The van der Waals surface area contributed by atoms with Crippen molar-refractivity contribution in [2.75, 3.05) is 52.7 Å². The number of hydrogen-bond acceptors (Lipinski definition) is 5. The number of rotatable bonds is 35. The molecule has 0 aromatic carbocycles. The van der Waals surface area contributed by atoms with Gasteiger partial charge in [0, 0.05) is 45.6 Å². The van der Waals surface area contributed by atoms with Crippen molar-refractivity contribution in [2.45, 2.75) is 253 Å². The predicted molar refractivity (Wildman–Crippen MR) is 273 cm³/mol. The van der Waals surface area contributed by atoms with Gasteiger partial charge in [0.25, 0.3) is 0 Å². The van der Waals surface area contributed by atoms with Crippen LogP contribution in [-0.2, 0) is 18.9 Å². The van der Waals surface area contributed by atoms with E-state index in [1.807, 2.05) is 0 Å². The molecule has 0 bridgehead atoms. The van der Waals surface area contributed by atoms with Gasteiger partial charge in [-0.1, -0.05) is 142 Å². The summed E-state index contributed by atoms with van der Waals surface area (Å²) in [6.07, 6.45) is 46.6. The summed E-state index contributed by atoms with van der Waals surface area (Å²) in [6, 6.07) is 0.657. The summed E-state index contributed by atoms with van der Waals surface area (Å²) in [5.74, 6) is 5.41. The minimum Gasteiger partial charge on any atom is -0.381 e. The highest BCUT2D eigenvalue weighted by atomic mass is 16.5. The number of fused-ring (bicyclic) bond motifs is 5. The van der Waals surface area contributed by atoms with E-state index in [1.54, 1.807) is 5.57 Å². The molecule has 1 aliphatic heterocycles. The first-order chi connectivity index (χ1) is 31.2. The molecule has 5 nitrogen and oxygen atoms in total. The molecule has 0 aromatic rings. The zero-order valence-electron chi connectivity index (χ0n) is 43.7. The van der Waals surface area contributed by atoms with E-state index in [0.717, 1.165) is 94.3 Å². The van der Waals surface area contributed by atoms with Gasteiger partial charge in [-0.3, -0.25) is 4.90 Å². The molecule has 2 unspecified atom stereocenters. The quantitative estimate of drug-likeness (QED) is 0.0468. The van der Waals surface area contributed by atoms with E-state index >= 15 is 0 Å². The van der Waals surface area contributed by atoms with Crippen LogP contribution in [-0.4, -0.2) is 75.9 Å². The van der Waals surface area contributed by atoms with Gasteiger partial charge in [-0.05, 0) is 169 Å². The second kappa shape index (κ2) is 30.0. The van der Waals surface area contributed by atoms with E-state index in [-0.39, 0.29) is 6.10 Å². The Balaban J connectivity index is 0.882. The van der Waals surface area contributed by atoms with Crippen LogP contribution in [0, 0.1) is 46.3 Å². The fourth-order valence-corrected chi connectivity index (χ4v) is 14.1. The predicted octanol–water partition coefficient (Wildman–Crippen LogP) is 16.1. The Kier molecular flexibility index (Phi) is 25.4.